The lowest BCUT2D eigenvalue weighted by atomic mass is 10.1. The molecule has 3 rings (SSSR count). The summed E-state index contributed by atoms with van der Waals surface area (Å²) in [7, 11) is 0. The molecular weight excluding hydrogens is 268 g/mol. The highest BCUT2D eigenvalue weighted by atomic mass is 35.5. The molecule has 1 aliphatic heterocycles. The summed E-state index contributed by atoms with van der Waals surface area (Å²) < 4.78 is 0. The van der Waals surface area contributed by atoms with Crippen LogP contribution in [-0.4, -0.2) is 18.6 Å². The zero-order chi connectivity index (χ0) is 13.9. The van der Waals surface area contributed by atoms with Gasteiger partial charge in [0.05, 0.1) is 0 Å². The Hall–Kier alpha value is -0.730. The van der Waals surface area contributed by atoms with E-state index in [9.17, 15) is 0 Å². The highest BCUT2D eigenvalue weighted by Crippen LogP contribution is 2.30. The van der Waals surface area contributed by atoms with Crippen molar-refractivity contribution in [2.75, 3.05) is 11.4 Å². The average molecular weight is 293 g/mol. The van der Waals surface area contributed by atoms with Gasteiger partial charge in [0.2, 0.25) is 0 Å². The molecule has 2 fully saturated rings. The second-order valence-corrected chi connectivity index (χ2v) is 6.76. The third kappa shape index (κ3) is 3.48. The molecule has 1 aliphatic carbocycles. The second-order valence-electron chi connectivity index (χ2n) is 6.32. The van der Waals surface area contributed by atoms with Crippen LogP contribution in [0, 0.1) is 0 Å². The van der Waals surface area contributed by atoms with E-state index in [1.165, 1.54) is 49.8 Å². The molecule has 0 radical (unpaired) electrons. The molecule has 0 spiro atoms. The first kappa shape index (κ1) is 14.2. The minimum Gasteiger partial charge on any atom is -0.369 e. The summed E-state index contributed by atoms with van der Waals surface area (Å²) in [5.74, 6) is 0. The molecule has 0 amide bonds. The van der Waals surface area contributed by atoms with Crippen LogP contribution in [0.5, 0.6) is 0 Å². The van der Waals surface area contributed by atoms with Gasteiger partial charge in [0.1, 0.15) is 0 Å². The first-order valence-electron chi connectivity index (χ1n) is 8.02. The van der Waals surface area contributed by atoms with Crippen LogP contribution in [0.1, 0.15) is 51.0 Å². The maximum atomic E-state index is 6.25. The Kier molecular flexibility index (Phi) is 4.52. The van der Waals surface area contributed by atoms with Gasteiger partial charge in [-0.2, -0.15) is 0 Å². The Morgan fingerprint density at radius 1 is 1.20 bits per heavy atom. The molecule has 20 heavy (non-hydrogen) atoms. The zero-order valence-electron chi connectivity index (χ0n) is 12.4. The maximum absolute atomic E-state index is 6.25. The number of nitrogens with one attached hydrogen (secondary N) is 1. The fourth-order valence-electron chi connectivity index (χ4n) is 3.13. The van der Waals surface area contributed by atoms with Gasteiger partial charge in [0, 0.05) is 35.9 Å². The number of hydrogen-bond acceptors (Lipinski definition) is 2. The first-order chi connectivity index (χ1) is 9.74. The van der Waals surface area contributed by atoms with Gasteiger partial charge in [-0.3, -0.25) is 0 Å². The molecule has 1 atom stereocenters. The predicted octanol–water partition coefficient (Wildman–Crippen LogP) is 4.36. The predicted molar refractivity (Wildman–Crippen MR) is 86.6 cm³/mol. The van der Waals surface area contributed by atoms with Gasteiger partial charge >= 0.3 is 0 Å². The van der Waals surface area contributed by atoms with Crippen LogP contribution < -0.4 is 10.2 Å². The van der Waals surface area contributed by atoms with Crippen LogP contribution in [0.3, 0.4) is 0 Å². The van der Waals surface area contributed by atoms with E-state index in [0.717, 1.165) is 24.2 Å². The zero-order valence-corrected chi connectivity index (χ0v) is 13.1. The quantitative estimate of drug-likeness (QED) is 0.887. The Morgan fingerprint density at radius 3 is 2.85 bits per heavy atom. The molecule has 1 aromatic carbocycles. The van der Waals surface area contributed by atoms with Crippen molar-refractivity contribution in [1.29, 1.82) is 0 Å². The van der Waals surface area contributed by atoms with Gasteiger partial charge < -0.3 is 10.2 Å². The monoisotopic (exact) mass is 292 g/mol. The van der Waals surface area contributed by atoms with Crippen molar-refractivity contribution in [2.24, 2.45) is 0 Å². The fourth-order valence-corrected chi connectivity index (χ4v) is 3.29. The molecule has 1 N–H and O–H groups in total. The number of hydrogen-bond donors (Lipinski definition) is 1. The molecule has 1 saturated carbocycles. The summed E-state index contributed by atoms with van der Waals surface area (Å²) in [5.41, 5.74) is 2.75. The normalized spacial score (nSPS) is 23.7. The Bertz CT molecular complexity index is 456. The van der Waals surface area contributed by atoms with E-state index < -0.39 is 0 Å². The van der Waals surface area contributed by atoms with E-state index in [2.05, 4.69) is 29.3 Å². The molecule has 1 unspecified atom stereocenters. The van der Waals surface area contributed by atoms with Crippen molar-refractivity contribution >= 4 is 17.3 Å². The lowest BCUT2D eigenvalue weighted by Gasteiger charge is -2.31. The summed E-state index contributed by atoms with van der Waals surface area (Å²) in [6, 6.07) is 7.76. The second kappa shape index (κ2) is 6.36. The van der Waals surface area contributed by atoms with Gasteiger partial charge in [-0.15, -0.1) is 0 Å². The van der Waals surface area contributed by atoms with Crippen molar-refractivity contribution in [3.8, 4) is 0 Å². The highest BCUT2D eigenvalue weighted by Gasteiger charge is 2.23. The summed E-state index contributed by atoms with van der Waals surface area (Å²) >= 11 is 6.25. The number of anilines is 1. The summed E-state index contributed by atoms with van der Waals surface area (Å²) in [6.07, 6.45) is 7.98. The van der Waals surface area contributed by atoms with Gasteiger partial charge in [0.25, 0.3) is 0 Å². The van der Waals surface area contributed by atoms with E-state index in [-0.39, 0.29) is 0 Å². The van der Waals surface area contributed by atoms with Crippen LogP contribution in [0.15, 0.2) is 18.2 Å². The molecule has 1 heterocycles. The van der Waals surface area contributed by atoms with Crippen LogP contribution in [0.2, 0.25) is 5.02 Å². The molecular formula is C17H25ClN2. The number of halogens is 1. The maximum Gasteiger partial charge on any atom is 0.0429 e. The van der Waals surface area contributed by atoms with E-state index >= 15 is 0 Å². The molecule has 1 aromatic rings. The summed E-state index contributed by atoms with van der Waals surface area (Å²) in [6.45, 7) is 4.49. The standard InChI is InChI=1S/C17H25ClN2/c1-13-5-3-2-4-10-20(13)17-11-15(18)7-6-14(17)12-19-16-8-9-16/h6-7,11,13,16,19H,2-5,8-10,12H2,1H3. The smallest absolute Gasteiger partial charge is 0.0429 e. The van der Waals surface area contributed by atoms with E-state index in [0.29, 0.717) is 6.04 Å². The third-order valence-electron chi connectivity index (χ3n) is 4.57. The van der Waals surface area contributed by atoms with E-state index in [1.54, 1.807) is 0 Å². The largest absolute Gasteiger partial charge is 0.369 e. The fraction of sp³-hybridized carbons (Fsp3) is 0.647. The first-order valence-corrected chi connectivity index (χ1v) is 8.40. The van der Waals surface area contributed by atoms with Crippen LogP contribution in [0.4, 0.5) is 5.69 Å². The minimum absolute atomic E-state index is 0.621. The van der Waals surface area contributed by atoms with Crippen molar-refractivity contribution in [2.45, 2.75) is 64.1 Å². The van der Waals surface area contributed by atoms with Crippen LogP contribution in [0.25, 0.3) is 0 Å². The number of benzene rings is 1. The van der Waals surface area contributed by atoms with Gasteiger partial charge in [-0.1, -0.05) is 30.5 Å². The SMILES string of the molecule is CC1CCCCCN1c1cc(Cl)ccc1CNC1CC1. The molecule has 3 heteroatoms. The van der Waals surface area contributed by atoms with Gasteiger partial charge in [0.15, 0.2) is 0 Å². The average Bonchev–Trinajstić information content (AvgIpc) is 3.25. The Morgan fingerprint density at radius 2 is 2.05 bits per heavy atom. The summed E-state index contributed by atoms with van der Waals surface area (Å²) in [4.78, 5) is 2.57. The van der Waals surface area contributed by atoms with Crippen molar-refractivity contribution in [3.05, 3.63) is 28.8 Å². The third-order valence-corrected chi connectivity index (χ3v) is 4.80. The van der Waals surface area contributed by atoms with E-state index in [1.807, 2.05) is 6.07 Å². The van der Waals surface area contributed by atoms with Crippen molar-refractivity contribution in [3.63, 3.8) is 0 Å². The molecule has 0 bridgehead atoms. The molecule has 1 saturated heterocycles. The number of rotatable bonds is 4. The van der Waals surface area contributed by atoms with Crippen molar-refractivity contribution in [1.82, 2.24) is 5.32 Å². The van der Waals surface area contributed by atoms with Crippen LogP contribution in [-0.2, 0) is 6.54 Å². The topological polar surface area (TPSA) is 15.3 Å². The Balaban J connectivity index is 1.82. The lowest BCUT2D eigenvalue weighted by Crippen LogP contribution is -2.33. The van der Waals surface area contributed by atoms with E-state index in [4.69, 9.17) is 11.6 Å². The van der Waals surface area contributed by atoms with Gasteiger partial charge in [-0.25, -0.2) is 0 Å². The lowest BCUT2D eigenvalue weighted by molar-refractivity contribution is 0.610. The molecule has 110 valence electrons. The van der Waals surface area contributed by atoms with Crippen LogP contribution >= 0.6 is 11.6 Å². The number of nitrogens with zero attached hydrogens (tertiary/aromatic N) is 1. The molecule has 2 aliphatic rings. The molecule has 0 aromatic heterocycles. The molecule has 2 nitrogen and oxygen atoms in total. The highest BCUT2D eigenvalue weighted by molar-refractivity contribution is 6.30. The van der Waals surface area contributed by atoms with Gasteiger partial charge in [-0.05, 0) is 50.3 Å². The van der Waals surface area contributed by atoms with Crippen molar-refractivity contribution < 1.29 is 0 Å². The summed E-state index contributed by atoms with van der Waals surface area (Å²) in [5, 5.41) is 4.49. The Labute approximate surface area is 127 Å². The minimum atomic E-state index is 0.621.